The highest BCUT2D eigenvalue weighted by molar-refractivity contribution is 5.94. The highest BCUT2D eigenvalue weighted by atomic mass is 19.4. The number of nitrogens with two attached hydrogens (primary N) is 1. The summed E-state index contributed by atoms with van der Waals surface area (Å²) in [7, 11) is 0. The number of fused-ring (bicyclic) bond motifs is 1. The van der Waals surface area contributed by atoms with Crippen LogP contribution in [0.2, 0.25) is 0 Å². The number of aromatic amines is 1. The number of H-pyrrole nitrogens is 1. The molecule has 5 heterocycles. The summed E-state index contributed by atoms with van der Waals surface area (Å²) in [5.74, 6) is 0.399. The van der Waals surface area contributed by atoms with E-state index in [2.05, 4.69) is 35.4 Å². The lowest BCUT2D eigenvalue weighted by Crippen LogP contribution is -2.21. The van der Waals surface area contributed by atoms with Crippen LogP contribution >= 0.6 is 0 Å². The zero-order chi connectivity index (χ0) is 22.7. The second-order valence-corrected chi connectivity index (χ2v) is 7.24. The van der Waals surface area contributed by atoms with Crippen LogP contribution in [0.1, 0.15) is 30.7 Å². The summed E-state index contributed by atoms with van der Waals surface area (Å²) in [6.07, 6.45) is 1.64. The van der Waals surface area contributed by atoms with Crippen LogP contribution in [0.3, 0.4) is 0 Å². The zero-order valence-corrected chi connectivity index (χ0v) is 17.2. The molecule has 0 radical (unpaired) electrons. The minimum absolute atomic E-state index is 0.210. The lowest BCUT2D eigenvalue weighted by molar-refractivity contribution is -0.137. The number of aryl methyl sites for hydroxylation is 1. The van der Waals surface area contributed by atoms with Crippen molar-refractivity contribution in [1.29, 1.82) is 0 Å². The Kier molecular flexibility index (Phi) is 6.04. The number of hydrogen-bond donors (Lipinski definition) is 3. The lowest BCUT2D eigenvalue weighted by Gasteiger charge is -2.11. The monoisotopic (exact) mass is 446 g/mol. The fourth-order valence-electron chi connectivity index (χ4n) is 3.33. The van der Waals surface area contributed by atoms with Gasteiger partial charge in [-0.25, -0.2) is 15.0 Å². The van der Waals surface area contributed by atoms with Gasteiger partial charge in [-0.05, 0) is 45.0 Å². The van der Waals surface area contributed by atoms with E-state index in [1.54, 1.807) is 19.1 Å². The summed E-state index contributed by atoms with van der Waals surface area (Å²) in [5, 5.41) is 7.41. The number of piperidine rings is 1. The molecule has 0 atom stereocenters. The number of anilines is 1. The molecule has 0 spiro atoms. The van der Waals surface area contributed by atoms with Crippen molar-refractivity contribution in [2.45, 2.75) is 32.4 Å². The van der Waals surface area contributed by atoms with Gasteiger partial charge in [-0.1, -0.05) is 11.6 Å². The maximum absolute atomic E-state index is 13.3. The Morgan fingerprint density at radius 2 is 1.84 bits per heavy atom. The molecular weight excluding hydrogens is 425 g/mol. The first-order valence-electron chi connectivity index (χ1n) is 10.0. The number of pyridine rings is 1. The summed E-state index contributed by atoms with van der Waals surface area (Å²) in [6.45, 7) is 4.16. The minimum atomic E-state index is -4.62. The maximum atomic E-state index is 13.3. The van der Waals surface area contributed by atoms with Gasteiger partial charge in [0.1, 0.15) is 16.9 Å². The van der Waals surface area contributed by atoms with Gasteiger partial charge in [0.25, 0.3) is 5.89 Å². The van der Waals surface area contributed by atoms with Crippen LogP contribution in [0.4, 0.5) is 19.1 Å². The summed E-state index contributed by atoms with van der Waals surface area (Å²) in [4.78, 5) is 18.4. The molecule has 0 amide bonds. The molecular formula is C20H21F3N8O. The van der Waals surface area contributed by atoms with E-state index in [0.29, 0.717) is 28.7 Å². The van der Waals surface area contributed by atoms with Crippen LogP contribution in [0.15, 0.2) is 29.0 Å². The third-order valence-electron chi connectivity index (χ3n) is 4.86. The third-order valence-corrected chi connectivity index (χ3v) is 4.86. The standard InChI is InChI=1S/C15H10F3N7O.C5H11N/c1-6-22-13(26-25-6)10-3-2-7-8(4-20-12(7)23-10)11-9(15(16,17)18)5-21-14(19)24-11;1-2-4-6-5-3-1/h2-5H,1H3,(H,20,23)(H2,19,21,24);6H,1-5H2. The van der Waals surface area contributed by atoms with Crippen molar-refractivity contribution in [3.8, 4) is 22.8 Å². The number of alkyl halides is 3. The van der Waals surface area contributed by atoms with Gasteiger partial charge in [0.05, 0.1) is 5.69 Å². The van der Waals surface area contributed by atoms with Crippen molar-refractivity contribution in [2.24, 2.45) is 0 Å². The van der Waals surface area contributed by atoms with E-state index in [1.807, 2.05) is 0 Å². The van der Waals surface area contributed by atoms with Gasteiger partial charge in [-0.2, -0.15) is 18.2 Å². The fraction of sp³-hybridized carbons (Fsp3) is 0.350. The summed E-state index contributed by atoms with van der Waals surface area (Å²) >= 11 is 0. The molecule has 4 aromatic heterocycles. The average Bonchev–Trinajstić information content (AvgIpc) is 3.40. The van der Waals surface area contributed by atoms with Crippen molar-refractivity contribution in [2.75, 3.05) is 18.8 Å². The molecule has 0 unspecified atom stereocenters. The first-order valence-corrected chi connectivity index (χ1v) is 10.0. The molecule has 12 heteroatoms. The number of nitrogens with zero attached hydrogens (tertiary/aromatic N) is 5. The van der Waals surface area contributed by atoms with Gasteiger partial charge in [0.2, 0.25) is 5.95 Å². The Morgan fingerprint density at radius 1 is 1.06 bits per heavy atom. The normalized spacial score (nSPS) is 14.2. The molecule has 5 rings (SSSR count). The predicted octanol–water partition coefficient (Wildman–Crippen LogP) is 3.74. The smallest absolute Gasteiger partial charge is 0.368 e. The molecule has 32 heavy (non-hydrogen) atoms. The SMILES string of the molecule is C1CCNCC1.Cc1noc(-c2ccc3c(-c4nc(N)ncc4C(F)(F)F)c[nH]c3n2)n1. The van der Waals surface area contributed by atoms with Crippen LogP contribution in [0.25, 0.3) is 33.9 Å². The van der Waals surface area contributed by atoms with E-state index >= 15 is 0 Å². The van der Waals surface area contributed by atoms with Crippen molar-refractivity contribution in [3.05, 3.63) is 35.9 Å². The van der Waals surface area contributed by atoms with E-state index in [0.717, 1.165) is 0 Å². The van der Waals surface area contributed by atoms with E-state index in [1.165, 1.54) is 38.5 Å². The van der Waals surface area contributed by atoms with Crippen LogP contribution in [0, 0.1) is 6.92 Å². The number of aromatic nitrogens is 6. The van der Waals surface area contributed by atoms with Crippen LogP contribution in [-0.4, -0.2) is 43.2 Å². The topological polar surface area (TPSA) is 131 Å². The molecule has 4 N–H and O–H groups in total. The molecule has 0 bridgehead atoms. The molecule has 1 fully saturated rings. The highest BCUT2D eigenvalue weighted by Crippen LogP contribution is 2.38. The second kappa shape index (κ2) is 8.91. The molecule has 0 saturated carbocycles. The Bertz CT molecular complexity index is 1200. The van der Waals surface area contributed by atoms with Gasteiger partial charge in [0.15, 0.2) is 5.82 Å². The molecule has 9 nitrogen and oxygen atoms in total. The minimum Gasteiger partial charge on any atom is -0.368 e. The first-order chi connectivity index (χ1) is 15.3. The van der Waals surface area contributed by atoms with E-state index in [4.69, 9.17) is 10.3 Å². The largest absolute Gasteiger partial charge is 0.419 e. The molecule has 0 aromatic carbocycles. The average molecular weight is 446 g/mol. The van der Waals surface area contributed by atoms with Gasteiger partial charge < -0.3 is 20.6 Å². The van der Waals surface area contributed by atoms with Gasteiger partial charge in [0, 0.05) is 23.3 Å². The lowest BCUT2D eigenvalue weighted by atomic mass is 10.1. The molecule has 0 aliphatic carbocycles. The van der Waals surface area contributed by atoms with Gasteiger partial charge in [-0.3, -0.25) is 0 Å². The molecule has 1 aliphatic rings. The quantitative estimate of drug-likeness (QED) is 0.424. The van der Waals surface area contributed by atoms with E-state index in [9.17, 15) is 13.2 Å². The summed E-state index contributed by atoms with van der Waals surface area (Å²) < 4.78 is 44.9. The fourth-order valence-corrected chi connectivity index (χ4v) is 3.33. The first kappa shape index (κ1) is 21.7. The molecule has 1 aliphatic heterocycles. The number of hydrogen-bond acceptors (Lipinski definition) is 8. The van der Waals surface area contributed by atoms with E-state index in [-0.39, 0.29) is 23.1 Å². The van der Waals surface area contributed by atoms with Crippen LogP contribution in [-0.2, 0) is 6.18 Å². The number of halogens is 3. The summed E-state index contributed by atoms with van der Waals surface area (Å²) in [6, 6.07) is 3.17. The van der Waals surface area contributed by atoms with Crippen LogP contribution in [0.5, 0.6) is 0 Å². The number of rotatable bonds is 2. The molecule has 4 aromatic rings. The Labute approximate surface area is 180 Å². The Hall–Kier alpha value is -3.54. The van der Waals surface area contributed by atoms with Crippen LogP contribution < -0.4 is 11.1 Å². The maximum Gasteiger partial charge on any atom is 0.419 e. The van der Waals surface area contributed by atoms with Gasteiger partial charge >= 0.3 is 6.18 Å². The molecule has 1 saturated heterocycles. The van der Waals surface area contributed by atoms with Crippen molar-refractivity contribution >= 4 is 17.0 Å². The Balaban J connectivity index is 0.000000354. The van der Waals surface area contributed by atoms with Crippen molar-refractivity contribution in [3.63, 3.8) is 0 Å². The number of nitrogen functional groups attached to an aromatic ring is 1. The van der Waals surface area contributed by atoms with Crippen molar-refractivity contribution < 1.29 is 17.7 Å². The summed E-state index contributed by atoms with van der Waals surface area (Å²) in [5.41, 5.74) is 5.13. The zero-order valence-electron chi connectivity index (χ0n) is 17.2. The highest BCUT2D eigenvalue weighted by Gasteiger charge is 2.36. The third kappa shape index (κ3) is 4.69. The molecule has 168 valence electrons. The van der Waals surface area contributed by atoms with Gasteiger partial charge in [-0.15, -0.1) is 0 Å². The predicted molar refractivity (Wildman–Crippen MR) is 111 cm³/mol. The second-order valence-electron chi connectivity index (χ2n) is 7.24. The Morgan fingerprint density at radius 3 is 2.44 bits per heavy atom. The van der Waals surface area contributed by atoms with Crippen molar-refractivity contribution in [1.82, 2.24) is 35.4 Å². The number of nitrogens with one attached hydrogen (secondary N) is 2. The van der Waals surface area contributed by atoms with E-state index < -0.39 is 11.7 Å².